The highest BCUT2D eigenvalue weighted by atomic mass is 16.6. The molecule has 0 aromatic heterocycles. The molecule has 4 aliphatic carbocycles. The first kappa shape index (κ1) is 28.1. The highest BCUT2D eigenvalue weighted by Gasteiger charge is 2.62. The summed E-state index contributed by atoms with van der Waals surface area (Å²) in [5, 5.41) is 49.2. The Morgan fingerprint density at radius 2 is 1.85 bits per heavy atom. The number of aliphatic hydroxyl groups is 1. The third-order valence-corrected chi connectivity index (χ3v) is 10.8. The van der Waals surface area contributed by atoms with Crippen LogP contribution in [-0.4, -0.2) is 38.2 Å². The standard InChI is InChI=1S/C28H37N5O7/c1-16(29-30-24-7-5-19(32(37)38)14-25(24)33(39)40)26-17(15-31(35)36)12-23-21-6-4-18-13-20(34)8-10-27(18,2)22(21)9-11-28(23,26)3/h4-5,7,14,17,20-23,26,30,34H,6,8-13,15H2,1-3H3/t17-,20-,21-,22+,23+,26+,27-,28+/m0/s1. The van der Waals surface area contributed by atoms with E-state index in [1.54, 1.807) is 0 Å². The number of nitro groups is 3. The molecule has 216 valence electrons. The maximum Gasteiger partial charge on any atom is 0.301 e. The van der Waals surface area contributed by atoms with Crippen LogP contribution < -0.4 is 5.43 Å². The lowest BCUT2D eigenvalue weighted by atomic mass is 9.47. The lowest BCUT2D eigenvalue weighted by Crippen LogP contribution is -2.51. The van der Waals surface area contributed by atoms with Gasteiger partial charge in [-0.1, -0.05) is 25.5 Å². The van der Waals surface area contributed by atoms with Crippen LogP contribution in [0.2, 0.25) is 0 Å². The van der Waals surface area contributed by atoms with Crippen molar-refractivity contribution in [2.45, 2.75) is 71.8 Å². The fourth-order valence-electron chi connectivity index (χ4n) is 9.11. The monoisotopic (exact) mass is 555 g/mol. The Labute approximate surface area is 232 Å². The Morgan fingerprint density at radius 3 is 2.52 bits per heavy atom. The summed E-state index contributed by atoms with van der Waals surface area (Å²) in [6.07, 6.45) is 8.14. The van der Waals surface area contributed by atoms with Crippen molar-refractivity contribution >= 4 is 22.8 Å². The van der Waals surface area contributed by atoms with E-state index in [1.807, 2.05) is 6.92 Å². The zero-order valence-electron chi connectivity index (χ0n) is 23.1. The van der Waals surface area contributed by atoms with Crippen LogP contribution in [0.15, 0.2) is 34.9 Å². The van der Waals surface area contributed by atoms with Gasteiger partial charge in [-0.05, 0) is 86.5 Å². The number of non-ortho nitro benzene ring substituents is 1. The van der Waals surface area contributed by atoms with E-state index in [9.17, 15) is 35.4 Å². The first-order valence-corrected chi connectivity index (χ1v) is 14.1. The first-order chi connectivity index (χ1) is 18.8. The fourth-order valence-corrected chi connectivity index (χ4v) is 9.11. The second-order valence-corrected chi connectivity index (χ2v) is 12.8. The van der Waals surface area contributed by atoms with Gasteiger partial charge in [0.2, 0.25) is 6.54 Å². The van der Waals surface area contributed by atoms with Gasteiger partial charge in [0, 0.05) is 28.5 Å². The molecule has 12 nitrogen and oxygen atoms in total. The Balaban J connectivity index is 1.45. The Bertz CT molecular complexity index is 1300. The first-order valence-electron chi connectivity index (χ1n) is 14.1. The predicted molar refractivity (Wildman–Crippen MR) is 148 cm³/mol. The van der Waals surface area contributed by atoms with E-state index in [0.717, 1.165) is 51.0 Å². The molecule has 0 bridgehead atoms. The van der Waals surface area contributed by atoms with Gasteiger partial charge in [0.25, 0.3) is 5.69 Å². The van der Waals surface area contributed by atoms with E-state index in [2.05, 4.69) is 30.5 Å². The van der Waals surface area contributed by atoms with Crippen molar-refractivity contribution in [2.75, 3.05) is 12.0 Å². The number of anilines is 1. The molecule has 0 spiro atoms. The lowest BCUT2D eigenvalue weighted by molar-refractivity contribution is -0.489. The van der Waals surface area contributed by atoms with Crippen molar-refractivity contribution in [2.24, 2.45) is 45.5 Å². The van der Waals surface area contributed by atoms with Crippen LogP contribution >= 0.6 is 0 Å². The van der Waals surface area contributed by atoms with E-state index in [0.29, 0.717) is 17.5 Å². The number of fused-ring (bicyclic) bond motifs is 5. The van der Waals surface area contributed by atoms with E-state index < -0.39 is 21.2 Å². The van der Waals surface area contributed by atoms with Crippen molar-refractivity contribution in [1.29, 1.82) is 0 Å². The number of nitrogens with one attached hydrogen (secondary N) is 1. The minimum atomic E-state index is -0.695. The summed E-state index contributed by atoms with van der Waals surface area (Å²) in [6, 6.07) is 3.34. The minimum Gasteiger partial charge on any atom is -0.393 e. The molecule has 8 atom stereocenters. The molecule has 3 saturated carbocycles. The summed E-state index contributed by atoms with van der Waals surface area (Å²) in [4.78, 5) is 32.8. The molecular formula is C28H37N5O7. The van der Waals surface area contributed by atoms with Crippen LogP contribution in [0.25, 0.3) is 0 Å². The van der Waals surface area contributed by atoms with Crippen molar-refractivity contribution < 1.29 is 19.9 Å². The number of hydrazone groups is 1. The van der Waals surface area contributed by atoms with Gasteiger partial charge >= 0.3 is 5.69 Å². The normalized spacial score (nSPS) is 37.0. The van der Waals surface area contributed by atoms with Gasteiger partial charge in [0.05, 0.1) is 22.0 Å². The summed E-state index contributed by atoms with van der Waals surface area (Å²) in [7, 11) is 0. The van der Waals surface area contributed by atoms with E-state index in [-0.39, 0.29) is 51.8 Å². The molecule has 0 radical (unpaired) electrons. The molecule has 4 aliphatic rings. The minimum absolute atomic E-state index is 0.0292. The predicted octanol–water partition coefficient (Wildman–Crippen LogP) is 5.73. The largest absolute Gasteiger partial charge is 0.393 e. The Hall–Kier alpha value is -3.41. The van der Waals surface area contributed by atoms with Crippen molar-refractivity contribution in [1.82, 2.24) is 0 Å². The van der Waals surface area contributed by atoms with Crippen LogP contribution in [0.4, 0.5) is 17.1 Å². The highest BCUT2D eigenvalue weighted by Crippen LogP contribution is 2.67. The molecule has 1 aromatic carbocycles. The average Bonchev–Trinajstić information content (AvgIpc) is 3.18. The van der Waals surface area contributed by atoms with Crippen LogP contribution in [-0.2, 0) is 0 Å². The number of nitrogens with zero attached hydrogens (tertiary/aromatic N) is 4. The number of allylic oxidation sites excluding steroid dienone is 1. The number of nitro benzene ring substituents is 2. The topological polar surface area (TPSA) is 174 Å². The van der Waals surface area contributed by atoms with E-state index in [4.69, 9.17) is 0 Å². The van der Waals surface area contributed by atoms with E-state index in [1.165, 1.54) is 17.7 Å². The van der Waals surface area contributed by atoms with Crippen molar-refractivity contribution in [3.63, 3.8) is 0 Å². The molecule has 1 aromatic rings. The van der Waals surface area contributed by atoms with Crippen LogP contribution in [0.1, 0.15) is 65.7 Å². The van der Waals surface area contributed by atoms with Gasteiger partial charge in [0.1, 0.15) is 5.69 Å². The lowest BCUT2D eigenvalue weighted by Gasteiger charge is -2.58. The maximum absolute atomic E-state index is 11.8. The van der Waals surface area contributed by atoms with Gasteiger partial charge in [-0.25, -0.2) is 0 Å². The van der Waals surface area contributed by atoms with Crippen molar-refractivity contribution in [3.8, 4) is 0 Å². The molecular weight excluding hydrogens is 518 g/mol. The van der Waals surface area contributed by atoms with E-state index >= 15 is 0 Å². The zero-order chi connectivity index (χ0) is 29.0. The molecule has 0 saturated heterocycles. The molecule has 0 unspecified atom stereocenters. The SMILES string of the molecule is CC(=NNc1ccc([N+](=O)[O-])cc1[N+](=O)[O-])[C@@H]1[C@H](C[N+](=O)[O-])C[C@@H]2[C@H]3CC=C4C[C@@H](O)CC[C@]4(C)[C@@H]3CC[C@]21C. The van der Waals surface area contributed by atoms with Gasteiger partial charge < -0.3 is 5.11 Å². The number of benzene rings is 1. The summed E-state index contributed by atoms with van der Waals surface area (Å²) < 4.78 is 0. The van der Waals surface area contributed by atoms with Crippen LogP contribution in [0.5, 0.6) is 0 Å². The third kappa shape index (κ3) is 4.65. The highest BCUT2D eigenvalue weighted by molar-refractivity contribution is 5.87. The molecule has 0 heterocycles. The number of rotatable bonds is 7. The molecule has 12 heteroatoms. The smallest absolute Gasteiger partial charge is 0.301 e. The van der Waals surface area contributed by atoms with Crippen molar-refractivity contribution in [3.05, 3.63) is 60.2 Å². The molecule has 2 N–H and O–H groups in total. The second-order valence-electron chi connectivity index (χ2n) is 12.8. The summed E-state index contributed by atoms with van der Waals surface area (Å²) in [5.41, 5.74) is 3.80. The van der Waals surface area contributed by atoms with Gasteiger partial charge in [0.15, 0.2) is 0 Å². The maximum atomic E-state index is 11.8. The quantitative estimate of drug-likeness (QED) is 0.185. The Kier molecular flexibility index (Phi) is 7.18. The van der Waals surface area contributed by atoms with Crippen LogP contribution in [0, 0.1) is 70.8 Å². The second kappa shape index (κ2) is 10.2. The number of aliphatic hydroxyl groups excluding tert-OH is 1. The molecule has 0 aliphatic heterocycles. The molecule has 0 amide bonds. The van der Waals surface area contributed by atoms with Gasteiger partial charge in [-0.2, -0.15) is 5.10 Å². The molecule has 5 rings (SSSR count). The summed E-state index contributed by atoms with van der Waals surface area (Å²) >= 11 is 0. The van der Waals surface area contributed by atoms with Gasteiger partial charge in [-0.3, -0.25) is 35.8 Å². The number of hydrogen-bond donors (Lipinski definition) is 2. The van der Waals surface area contributed by atoms with Crippen LogP contribution in [0.3, 0.4) is 0 Å². The Morgan fingerprint density at radius 1 is 1.10 bits per heavy atom. The molecule has 3 fully saturated rings. The summed E-state index contributed by atoms with van der Waals surface area (Å²) in [5.74, 6) is 0.763. The molecule has 40 heavy (non-hydrogen) atoms. The fraction of sp³-hybridized carbons (Fsp3) is 0.679. The zero-order valence-corrected chi connectivity index (χ0v) is 23.1. The number of hydrogen-bond acceptors (Lipinski definition) is 9. The summed E-state index contributed by atoms with van der Waals surface area (Å²) in [6.45, 7) is 6.24. The average molecular weight is 556 g/mol. The van der Waals surface area contributed by atoms with Gasteiger partial charge in [-0.15, -0.1) is 0 Å². The third-order valence-electron chi connectivity index (χ3n) is 10.8.